The van der Waals surface area contributed by atoms with Gasteiger partial charge in [-0.15, -0.1) is 6.58 Å². The standard InChI is InChI=1S/C15H22N3O/c1-5-6-18-15(10-19)13-9-17(8-11(2)3)12(4)7-14(13)16-18/h5,10,12H,1,6-9H2,2-4H3/t12-/m1/s1. The van der Waals surface area contributed by atoms with Gasteiger partial charge in [0.05, 0.1) is 12.2 Å². The number of aromatic nitrogens is 2. The fourth-order valence-corrected chi connectivity index (χ4v) is 2.68. The van der Waals surface area contributed by atoms with Crippen molar-refractivity contribution in [3.63, 3.8) is 0 Å². The molecule has 1 aliphatic rings. The fourth-order valence-electron chi connectivity index (χ4n) is 2.68. The van der Waals surface area contributed by atoms with E-state index in [-0.39, 0.29) is 0 Å². The van der Waals surface area contributed by atoms with Crippen molar-refractivity contribution in [2.24, 2.45) is 0 Å². The molecule has 1 atom stereocenters. The molecule has 0 aromatic carbocycles. The van der Waals surface area contributed by atoms with Crippen molar-refractivity contribution >= 4 is 6.29 Å². The number of carbonyl (C=O) groups is 1. The lowest BCUT2D eigenvalue weighted by Gasteiger charge is -2.33. The molecule has 0 N–H and O–H groups in total. The van der Waals surface area contributed by atoms with E-state index in [1.807, 2.05) is 0 Å². The summed E-state index contributed by atoms with van der Waals surface area (Å²) in [6.07, 6.45) is 3.61. The summed E-state index contributed by atoms with van der Waals surface area (Å²) in [5.41, 5.74) is 2.87. The van der Waals surface area contributed by atoms with Gasteiger partial charge in [0.2, 0.25) is 0 Å². The number of rotatable bonds is 5. The van der Waals surface area contributed by atoms with Gasteiger partial charge in [-0.2, -0.15) is 5.10 Å². The van der Waals surface area contributed by atoms with Gasteiger partial charge in [0, 0.05) is 31.1 Å². The van der Waals surface area contributed by atoms with E-state index in [9.17, 15) is 4.79 Å². The van der Waals surface area contributed by atoms with Crippen LogP contribution in [0, 0.1) is 5.92 Å². The van der Waals surface area contributed by atoms with Crippen LogP contribution in [0.3, 0.4) is 0 Å². The molecule has 0 amide bonds. The minimum absolute atomic E-state index is 0.467. The van der Waals surface area contributed by atoms with E-state index in [1.54, 1.807) is 10.8 Å². The van der Waals surface area contributed by atoms with E-state index in [0.29, 0.717) is 18.3 Å². The topological polar surface area (TPSA) is 38.1 Å². The van der Waals surface area contributed by atoms with Crippen LogP contribution in [0.1, 0.15) is 42.5 Å². The molecule has 0 saturated carbocycles. The molecular weight excluding hydrogens is 238 g/mol. The van der Waals surface area contributed by atoms with Crippen LogP contribution in [-0.2, 0) is 19.5 Å². The van der Waals surface area contributed by atoms with Crippen molar-refractivity contribution in [1.29, 1.82) is 0 Å². The summed E-state index contributed by atoms with van der Waals surface area (Å²) >= 11 is 0. The normalized spacial score (nSPS) is 19.5. The van der Waals surface area contributed by atoms with E-state index < -0.39 is 0 Å². The number of fused-ring (bicyclic) bond motifs is 1. The Kier molecular flexibility index (Phi) is 4.20. The monoisotopic (exact) mass is 260 g/mol. The first-order chi connectivity index (χ1) is 9.06. The first-order valence-corrected chi connectivity index (χ1v) is 6.74. The van der Waals surface area contributed by atoms with Gasteiger partial charge >= 0.3 is 0 Å². The van der Waals surface area contributed by atoms with Crippen LogP contribution in [-0.4, -0.2) is 33.6 Å². The second kappa shape index (κ2) is 5.70. The maximum atomic E-state index is 11.3. The third-order valence-electron chi connectivity index (χ3n) is 3.58. The van der Waals surface area contributed by atoms with E-state index in [0.717, 1.165) is 37.1 Å². The van der Waals surface area contributed by atoms with Crippen molar-refractivity contribution in [3.05, 3.63) is 35.5 Å². The Hall–Kier alpha value is -1.42. The zero-order chi connectivity index (χ0) is 14.0. The quantitative estimate of drug-likeness (QED) is 0.602. The molecule has 2 heterocycles. The third-order valence-corrected chi connectivity index (χ3v) is 3.58. The SMILES string of the molecule is C=CCn1nc2c(c1C=O)CN(C[C](C)C)[C@H](C)C2. The Morgan fingerprint density at radius 2 is 2.26 bits per heavy atom. The maximum Gasteiger partial charge on any atom is 0.168 e. The molecule has 0 fully saturated rings. The van der Waals surface area contributed by atoms with E-state index >= 15 is 0 Å². The molecule has 0 bridgehead atoms. The fraction of sp³-hybridized carbons (Fsp3) is 0.533. The molecule has 1 radical (unpaired) electrons. The van der Waals surface area contributed by atoms with Crippen LogP contribution < -0.4 is 0 Å². The first kappa shape index (κ1) is 14.0. The minimum atomic E-state index is 0.467. The summed E-state index contributed by atoms with van der Waals surface area (Å²) < 4.78 is 1.77. The van der Waals surface area contributed by atoms with Crippen LogP contribution in [0.15, 0.2) is 12.7 Å². The lowest BCUT2D eigenvalue weighted by atomic mass is 9.98. The molecule has 0 aliphatic carbocycles. The Morgan fingerprint density at radius 1 is 1.53 bits per heavy atom. The first-order valence-electron chi connectivity index (χ1n) is 6.74. The molecule has 1 aromatic heterocycles. The molecule has 0 unspecified atom stereocenters. The summed E-state index contributed by atoms with van der Waals surface area (Å²) in [6, 6.07) is 0.467. The van der Waals surface area contributed by atoms with Gasteiger partial charge in [0.1, 0.15) is 5.69 Å². The molecule has 4 heteroatoms. The second-order valence-electron chi connectivity index (χ2n) is 5.56. The van der Waals surface area contributed by atoms with Gasteiger partial charge in [0.15, 0.2) is 6.29 Å². The highest BCUT2D eigenvalue weighted by atomic mass is 16.1. The predicted octanol–water partition coefficient (Wildman–Crippen LogP) is 2.24. The summed E-state index contributed by atoms with van der Waals surface area (Å²) in [4.78, 5) is 13.7. The minimum Gasteiger partial charge on any atom is -0.296 e. The number of nitrogens with zero attached hydrogens (tertiary/aromatic N) is 3. The van der Waals surface area contributed by atoms with Gasteiger partial charge < -0.3 is 0 Å². The zero-order valence-electron chi connectivity index (χ0n) is 12.0. The smallest absolute Gasteiger partial charge is 0.168 e. The van der Waals surface area contributed by atoms with Crippen LogP contribution in [0.25, 0.3) is 0 Å². The van der Waals surface area contributed by atoms with Gasteiger partial charge in [0.25, 0.3) is 0 Å². The van der Waals surface area contributed by atoms with E-state index in [2.05, 4.69) is 37.3 Å². The molecule has 0 saturated heterocycles. The number of carbonyl (C=O) groups excluding carboxylic acids is 1. The van der Waals surface area contributed by atoms with Crippen molar-refractivity contribution in [2.75, 3.05) is 6.54 Å². The average molecular weight is 260 g/mol. The van der Waals surface area contributed by atoms with E-state index in [4.69, 9.17) is 0 Å². The summed E-state index contributed by atoms with van der Waals surface area (Å²) in [7, 11) is 0. The van der Waals surface area contributed by atoms with Crippen LogP contribution in [0.4, 0.5) is 0 Å². The highest BCUT2D eigenvalue weighted by molar-refractivity contribution is 5.75. The Morgan fingerprint density at radius 3 is 2.84 bits per heavy atom. The molecule has 1 aromatic rings. The van der Waals surface area contributed by atoms with Crippen LogP contribution in [0.5, 0.6) is 0 Å². The molecule has 1 aliphatic heterocycles. The Labute approximate surface area is 115 Å². The summed E-state index contributed by atoms with van der Waals surface area (Å²) in [5, 5.41) is 4.56. The Bertz CT molecular complexity index is 476. The van der Waals surface area contributed by atoms with Gasteiger partial charge in [-0.05, 0) is 12.8 Å². The van der Waals surface area contributed by atoms with Crippen molar-refractivity contribution in [1.82, 2.24) is 14.7 Å². The van der Waals surface area contributed by atoms with Gasteiger partial charge in [-0.25, -0.2) is 0 Å². The number of allylic oxidation sites excluding steroid dienone is 1. The van der Waals surface area contributed by atoms with Gasteiger partial charge in [-0.3, -0.25) is 14.4 Å². The lowest BCUT2D eigenvalue weighted by Crippen LogP contribution is -2.40. The van der Waals surface area contributed by atoms with Crippen molar-refractivity contribution in [3.8, 4) is 0 Å². The predicted molar refractivity (Wildman–Crippen MR) is 76.0 cm³/mol. The highest BCUT2D eigenvalue weighted by Crippen LogP contribution is 2.26. The molecule has 0 spiro atoms. The number of aldehydes is 1. The highest BCUT2D eigenvalue weighted by Gasteiger charge is 2.28. The van der Waals surface area contributed by atoms with Crippen molar-refractivity contribution < 1.29 is 4.79 Å². The summed E-state index contributed by atoms with van der Waals surface area (Å²) in [6.45, 7) is 12.6. The van der Waals surface area contributed by atoms with E-state index in [1.165, 1.54) is 5.92 Å². The molecule has 103 valence electrons. The lowest BCUT2D eigenvalue weighted by molar-refractivity contribution is 0.111. The van der Waals surface area contributed by atoms with Crippen LogP contribution >= 0.6 is 0 Å². The van der Waals surface area contributed by atoms with Gasteiger partial charge in [-0.1, -0.05) is 19.9 Å². The maximum absolute atomic E-state index is 11.3. The van der Waals surface area contributed by atoms with Crippen LogP contribution in [0.2, 0.25) is 0 Å². The molecular formula is C15H22N3O. The third kappa shape index (κ3) is 2.78. The Balaban J connectivity index is 2.31. The molecule has 2 rings (SSSR count). The second-order valence-corrected chi connectivity index (χ2v) is 5.56. The van der Waals surface area contributed by atoms with Crippen molar-refractivity contribution in [2.45, 2.75) is 46.3 Å². The largest absolute Gasteiger partial charge is 0.296 e. The number of hydrogen-bond donors (Lipinski definition) is 0. The summed E-state index contributed by atoms with van der Waals surface area (Å²) in [5.74, 6) is 1.39. The molecule has 4 nitrogen and oxygen atoms in total. The molecule has 19 heavy (non-hydrogen) atoms. The number of hydrogen-bond acceptors (Lipinski definition) is 3. The zero-order valence-corrected chi connectivity index (χ0v) is 12.0. The average Bonchev–Trinajstić information content (AvgIpc) is 2.66.